The summed E-state index contributed by atoms with van der Waals surface area (Å²) < 4.78 is 2.18. The van der Waals surface area contributed by atoms with Gasteiger partial charge in [-0.15, -0.1) is 5.10 Å². The molecule has 11 heteroatoms. The molecule has 0 fully saturated rings. The van der Waals surface area contributed by atoms with Crippen molar-refractivity contribution in [2.75, 3.05) is 25.5 Å². The Balaban J connectivity index is 1.22. The summed E-state index contributed by atoms with van der Waals surface area (Å²) in [5.74, 6) is 0. The third-order valence-electron chi connectivity index (χ3n) is 8.41. The van der Waals surface area contributed by atoms with Crippen LogP contribution in [0.2, 0.25) is 4.34 Å². The van der Waals surface area contributed by atoms with Crippen molar-refractivity contribution in [2.24, 2.45) is 4.99 Å². The summed E-state index contributed by atoms with van der Waals surface area (Å²) in [5.41, 5.74) is 4.43. The van der Waals surface area contributed by atoms with Gasteiger partial charge in [0.2, 0.25) is 0 Å². The van der Waals surface area contributed by atoms with Crippen LogP contribution in [-0.2, 0) is 5.41 Å². The molecule has 0 aliphatic carbocycles. The minimum absolute atomic E-state index is 0.0451. The standard InChI is InChI=1S/C35H35ClN8OS/c1-35(27-10-5-3-6-11-27,28-12-7-4-8-13-28)19-24-43(23-18-30-37-20-9-22-42(30)2)34(45)40-33-39-31(32(36)46-33)26-14-16-29(17-15-26)44-25-21-38-41-44/h3-17,20-22,25,30H,18-19,23-24H2,1-2H3,(H,39,40,45). The van der Waals surface area contributed by atoms with E-state index in [1.807, 2.05) is 66.8 Å². The van der Waals surface area contributed by atoms with Crippen LogP contribution in [0.15, 0.2) is 115 Å². The van der Waals surface area contributed by atoms with E-state index in [2.05, 4.69) is 81.0 Å². The molecule has 1 aliphatic rings. The Morgan fingerprint density at radius 1 is 1.00 bits per heavy atom. The minimum Gasteiger partial charge on any atom is -0.359 e. The molecule has 0 saturated carbocycles. The van der Waals surface area contributed by atoms with E-state index < -0.39 is 0 Å². The van der Waals surface area contributed by atoms with Gasteiger partial charge in [0, 0.05) is 50.0 Å². The number of aliphatic imine (C=N–C) groups is 1. The van der Waals surface area contributed by atoms with Gasteiger partial charge in [0.15, 0.2) is 5.13 Å². The average Bonchev–Trinajstić information content (AvgIpc) is 3.76. The number of anilines is 1. The molecule has 3 heterocycles. The van der Waals surface area contributed by atoms with Gasteiger partial charge in [-0.1, -0.05) is 108 Å². The normalized spacial score (nSPS) is 14.4. The van der Waals surface area contributed by atoms with Crippen LogP contribution in [-0.4, -0.2) is 68.3 Å². The van der Waals surface area contributed by atoms with E-state index in [4.69, 9.17) is 16.6 Å². The van der Waals surface area contributed by atoms with Gasteiger partial charge in [-0.2, -0.15) is 0 Å². The number of halogens is 1. The predicted molar refractivity (Wildman–Crippen MR) is 186 cm³/mol. The highest BCUT2D eigenvalue weighted by molar-refractivity contribution is 7.20. The van der Waals surface area contributed by atoms with Gasteiger partial charge >= 0.3 is 6.03 Å². The highest BCUT2D eigenvalue weighted by atomic mass is 35.5. The van der Waals surface area contributed by atoms with E-state index in [9.17, 15) is 4.79 Å². The van der Waals surface area contributed by atoms with Gasteiger partial charge in [-0.3, -0.25) is 10.3 Å². The number of hydrogen-bond donors (Lipinski definition) is 1. The first-order chi connectivity index (χ1) is 22.4. The van der Waals surface area contributed by atoms with Crippen LogP contribution in [0.1, 0.15) is 30.9 Å². The van der Waals surface area contributed by atoms with Crippen molar-refractivity contribution in [3.8, 4) is 16.9 Å². The zero-order valence-corrected chi connectivity index (χ0v) is 27.3. The van der Waals surface area contributed by atoms with Gasteiger partial charge in [0.05, 0.1) is 18.1 Å². The molecule has 5 aromatic rings. The minimum atomic E-state index is -0.306. The summed E-state index contributed by atoms with van der Waals surface area (Å²) >= 11 is 7.90. The average molecular weight is 651 g/mol. The lowest BCUT2D eigenvalue weighted by atomic mass is 9.73. The Hall–Kier alpha value is -4.80. The second-order valence-corrected chi connectivity index (χ2v) is 12.9. The van der Waals surface area contributed by atoms with Gasteiger partial charge in [0.1, 0.15) is 16.2 Å². The van der Waals surface area contributed by atoms with Crippen molar-refractivity contribution in [2.45, 2.75) is 31.3 Å². The number of amides is 2. The van der Waals surface area contributed by atoms with Crippen LogP contribution in [0.3, 0.4) is 0 Å². The Labute approximate surface area is 277 Å². The summed E-state index contributed by atoms with van der Waals surface area (Å²) in [6.45, 7) is 3.29. The first kappa shape index (κ1) is 31.2. The Kier molecular flexibility index (Phi) is 9.56. The topological polar surface area (TPSA) is 91.5 Å². The number of aromatic nitrogens is 4. The van der Waals surface area contributed by atoms with Crippen molar-refractivity contribution < 1.29 is 4.79 Å². The highest BCUT2D eigenvalue weighted by Gasteiger charge is 2.31. The number of benzene rings is 3. The predicted octanol–water partition coefficient (Wildman–Crippen LogP) is 7.52. The lowest BCUT2D eigenvalue weighted by Gasteiger charge is -2.34. The molecule has 2 amide bonds. The molecular weight excluding hydrogens is 616 g/mol. The molecule has 1 unspecified atom stereocenters. The second-order valence-electron chi connectivity index (χ2n) is 11.3. The lowest BCUT2D eigenvalue weighted by molar-refractivity contribution is 0.198. The summed E-state index contributed by atoms with van der Waals surface area (Å²) in [5, 5.41) is 11.4. The molecule has 0 radical (unpaired) electrons. The van der Waals surface area contributed by atoms with Crippen LogP contribution in [0, 0.1) is 0 Å². The molecule has 0 bridgehead atoms. The van der Waals surface area contributed by atoms with E-state index in [1.54, 1.807) is 17.1 Å². The van der Waals surface area contributed by atoms with Crippen molar-refractivity contribution in [3.63, 3.8) is 0 Å². The van der Waals surface area contributed by atoms with Crippen LogP contribution < -0.4 is 5.32 Å². The molecular formula is C35H35ClN8OS. The van der Waals surface area contributed by atoms with Crippen molar-refractivity contribution in [1.29, 1.82) is 0 Å². The van der Waals surface area contributed by atoms with Crippen LogP contribution in [0.4, 0.5) is 9.93 Å². The number of urea groups is 1. The molecule has 1 aliphatic heterocycles. The quantitative estimate of drug-likeness (QED) is 0.160. The second kappa shape index (κ2) is 14.1. The Morgan fingerprint density at radius 3 is 2.33 bits per heavy atom. The number of thiazole rings is 1. The molecule has 1 N–H and O–H groups in total. The fraction of sp³-hybridized carbons (Fsp3) is 0.229. The first-order valence-corrected chi connectivity index (χ1v) is 16.3. The third kappa shape index (κ3) is 7.03. The van der Waals surface area contributed by atoms with Crippen LogP contribution >= 0.6 is 22.9 Å². The SMILES string of the molecule is CN1C=CC=NC1CCN(CCC(C)(c1ccccc1)c1ccccc1)C(=O)Nc1nc(-c2ccc(-n3ccnn3)cc2)c(Cl)s1. The van der Waals surface area contributed by atoms with Crippen molar-refractivity contribution in [3.05, 3.63) is 125 Å². The Bertz CT molecular complexity index is 1750. The largest absolute Gasteiger partial charge is 0.359 e. The fourth-order valence-electron chi connectivity index (χ4n) is 5.64. The first-order valence-electron chi connectivity index (χ1n) is 15.1. The Morgan fingerprint density at radius 2 is 1.70 bits per heavy atom. The van der Waals surface area contributed by atoms with Gasteiger partial charge in [-0.25, -0.2) is 14.5 Å². The van der Waals surface area contributed by atoms with Gasteiger partial charge < -0.3 is 9.80 Å². The number of nitrogens with zero attached hydrogens (tertiary/aromatic N) is 7. The molecule has 2 aromatic heterocycles. The molecule has 9 nitrogen and oxygen atoms in total. The molecule has 46 heavy (non-hydrogen) atoms. The summed E-state index contributed by atoms with van der Waals surface area (Å²) in [6, 6.07) is 28.5. The zero-order valence-electron chi connectivity index (χ0n) is 25.7. The molecule has 0 saturated heterocycles. The molecule has 3 aromatic carbocycles. The maximum absolute atomic E-state index is 13.9. The van der Waals surface area contributed by atoms with Gasteiger partial charge in [0.25, 0.3) is 0 Å². The van der Waals surface area contributed by atoms with E-state index in [0.717, 1.165) is 17.7 Å². The van der Waals surface area contributed by atoms with E-state index >= 15 is 0 Å². The maximum Gasteiger partial charge on any atom is 0.323 e. The molecule has 6 rings (SSSR count). The maximum atomic E-state index is 13.9. The van der Waals surface area contributed by atoms with E-state index in [-0.39, 0.29) is 17.6 Å². The number of rotatable bonds is 11. The summed E-state index contributed by atoms with van der Waals surface area (Å²) in [7, 11) is 2.00. The smallest absolute Gasteiger partial charge is 0.323 e. The van der Waals surface area contributed by atoms with Crippen molar-refractivity contribution >= 4 is 40.3 Å². The third-order valence-corrected chi connectivity index (χ3v) is 9.58. The van der Waals surface area contributed by atoms with E-state index in [1.165, 1.54) is 22.5 Å². The zero-order chi connectivity index (χ0) is 31.9. The summed E-state index contributed by atoms with van der Waals surface area (Å²) in [6.07, 6.45) is 10.5. The number of hydrogen-bond acceptors (Lipinski definition) is 7. The molecule has 234 valence electrons. The van der Waals surface area contributed by atoms with E-state index in [0.29, 0.717) is 34.7 Å². The molecule has 1 atom stereocenters. The monoisotopic (exact) mass is 650 g/mol. The lowest BCUT2D eigenvalue weighted by Crippen LogP contribution is -2.41. The van der Waals surface area contributed by atoms with Crippen LogP contribution in [0.25, 0.3) is 16.9 Å². The van der Waals surface area contributed by atoms with Gasteiger partial charge in [-0.05, 0) is 35.8 Å². The number of allylic oxidation sites excluding steroid dienone is 1. The van der Waals surface area contributed by atoms with Crippen LogP contribution in [0.5, 0.6) is 0 Å². The van der Waals surface area contributed by atoms with Crippen molar-refractivity contribution in [1.82, 2.24) is 29.8 Å². The molecule has 0 spiro atoms. The highest BCUT2D eigenvalue weighted by Crippen LogP contribution is 2.37. The number of nitrogens with one attached hydrogen (secondary N) is 1. The fourth-order valence-corrected chi connectivity index (χ4v) is 6.72. The summed E-state index contributed by atoms with van der Waals surface area (Å²) in [4.78, 5) is 27.2. The number of carbonyl (C=O) groups is 1. The number of carbonyl (C=O) groups excluding carboxylic acids is 1.